The number of hydrogen-bond acceptors (Lipinski definition) is 3. The molecule has 3 heteroatoms. The molecule has 1 saturated heterocycles. The number of thioether (sulfide) groups is 1. The van der Waals surface area contributed by atoms with Gasteiger partial charge in [0.05, 0.1) is 6.10 Å². The average molecular weight is 251 g/mol. The van der Waals surface area contributed by atoms with Crippen molar-refractivity contribution in [2.75, 3.05) is 19.3 Å². The first kappa shape index (κ1) is 12.9. The highest BCUT2D eigenvalue weighted by atomic mass is 32.2. The molecule has 0 amide bonds. The maximum absolute atomic E-state index is 9.70. The standard InChI is InChI=1S/C14H21NOS/c1-11-9-15(8-7-14(11)16)10-12-3-5-13(17-2)6-4-12/h3-6,11,14,16H,7-10H2,1-2H3. The van der Waals surface area contributed by atoms with Crippen molar-refractivity contribution in [2.24, 2.45) is 5.92 Å². The fraction of sp³-hybridized carbons (Fsp3) is 0.571. The zero-order valence-corrected chi connectivity index (χ0v) is 11.4. The Morgan fingerprint density at radius 1 is 1.35 bits per heavy atom. The fourth-order valence-corrected chi connectivity index (χ4v) is 2.76. The fourth-order valence-electron chi connectivity index (χ4n) is 2.35. The molecular formula is C14H21NOS. The molecule has 0 saturated carbocycles. The SMILES string of the molecule is CSc1ccc(CN2CCC(O)C(C)C2)cc1. The molecule has 2 unspecified atom stereocenters. The zero-order valence-electron chi connectivity index (χ0n) is 10.6. The minimum atomic E-state index is -0.106. The Balaban J connectivity index is 1.92. The van der Waals surface area contributed by atoms with E-state index in [0.29, 0.717) is 5.92 Å². The summed E-state index contributed by atoms with van der Waals surface area (Å²) < 4.78 is 0. The predicted octanol–water partition coefficient (Wildman–Crippen LogP) is 2.61. The van der Waals surface area contributed by atoms with E-state index in [9.17, 15) is 5.11 Å². The second-order valence-electron chi connectivity index (χ2n) is 4.92. The van der Waals surface area contributed by atoms with E-state index in [1.165, 1.54) is 10.5 Å². The first-order valence-electron chi connectivity index (χ1n) is 6.22. The molecule has 2 atom stereocenters. The van der Waals surface area contributed by atoms with Crippen molar-refractivity contribution in [1.82, 2.24) is 4.90 Å². The molecule has 1 fully saturated rings. The van der Waals surface area contributed by atoms with Gasteiger partial charge in [0, 0.05) is 24.5 Å². The largest absolute Gasteiger partial charge is 0.393 e. The van der Waals surface area contributed by atoms with E-state index in [0.717, 1.165) is 26.1 Å². The Kier molecular flexibility index (Phi) is 4.48. The number of hydrogen-bond donors (Lipinski definition) is 1. The lowest BCUT2D eigenvalue weighted by molar-refractivity contribution is 0.0320. The second-order valence-corrected chi connectivity index (χ2v) is 5.80. The molecule has 1 heterocycles. The minimum Gasteiger partial charge on any atom is -0.393 e. The van der Waals surface area contributed by atoms with Crippen LogP contribution in [-0.4, -0.2) is 35.5 Å². The lowest BCUT2D eigenvalue weighted by atomic mass is 9.96. The second kappa shape index (κ2) is 5.89. The van der Waals surface area contributed by atoms with Crippen LogP contribution in [0.15, 0.2) is 29.2 Å². The number of benzene rings is 1. The topological polar surface area (TPSA) is 23.5 Å². The maximum Gasteiger partial charge on any atom is 0.0590 e. The molecule has 0 spiro atoms. The van der Waals surface area contributed by atoms with Crippen molar-refractivity contribution in [3.05, 3.63) is 29.8 Å². The molecule has 1 N–H and O–H groups in total. The quantitative estimate of drug-likeness (QED) is 0.835. The first-order valence-corrected chi connectivity index (χ1v) is 7.45. The molecule has 94 valence electrons. The van der Waals surface area contributed by atoms with Gasteiger partial charge >= 0.3 is 0 Å². The molecule has 1 aliphatic rings. The van der Waals surface area contributed by atoms with E-state index in [1.807, 2.05) is 0 Å². The molecule has 2 rings (SSSR count). The molecule has 1 aliphatic heterocycles. The number of likely N-dealkylation sites (tertiary alicyclic amines) is 1. The van der Waals surface area contributed by atoms with Crippen molar-refractivity contribution >= 4 is 11.8 Å². The third-order valence-corrected chi connectivity index (χ3v) is 4.25. The van der Waals surface area contributed by atoms with Crippen LogP contribution in [-0.2, 0) is 6.54 Å². The van der Waals surface area contributed by atoms with Crippen LogP contribution in [0, 0.1) is 5.92 Å². The Bertz CT molecular complexity index is 352. The number of aliphatic hydroxyl groups excluding tert-OH is 1. The van der Waals surface area contributed by atoms with Gasteiger partial charge in [-0.2, -0.15) is 0 Å². The van der Waals surface area contributed by atoms with Gasteiger partial charge in [0.1, 0.15) is 0 Å². The summed E-state index contributed by atoms with van der Waals surface area (Å²) in [6, 6.07) is 8.79. The van der Waals surface area contributed by atoms with Crippen molar-refractivity contribution in [3.8, 4) is 0 Å². The van der Waals surface area contributed by atoms with Gasteiger partial charge in [-0.05, 0) is 36.3 Å². The van der Waals surface area contributed by atoms with Crippen molar-refractivity contribution in [2.45, 2.75) is 30.9 Å². The number of piperidine rings is 1. The summed E-state index contributed by atoms with van der Waals surface area (Å²) in [5, 5.41) is 9.70. The number of nitrogens with zero attached hydrogens (tertiary/aromatic N) is 1. The summed E-state index contributed by atoms with van der Waals surface area (Å²) in [4.78, 5) is 3.75. The van der Waals surface area contributed by atoms with Crippen LogP contribution < -0.4 is 0 Å². The van der Waals surface area contributed by atoms with Gasteiger partial charge in [-0.25, -0.2) is 0 Å². The van der Waals surface area contributed by atoms with Crippen LogP contribution in [0.2, 0.25) is 0 Å². The molecule has 1 aromatic rings. The summed E-state index contributed by atoms with van der Waals surface area (Å²) in [6.07, 6.45) is 2.90. The third-order valence-electron chi connectivity index (χ3n) is 3.51. The smallest absolute Gasteiger partial charge is 0.0590 e. The highest BCUT2D eigenvalue weighted by molar-refractivity contribution is 7.98. The summed E-state index contributed by atoms with van der Waals surface area (Å²) >= 11 is 1.78. The monoisotopic (exact) mass is 251 g/mol. The van der Waals surface area contributed by atoms with Crippen molar-refractivity contribution in [1.29, 1.82) is 0 Å². The molecule has 1 aromatic carbocycles. The molecular weight excluding hydrogens is 230 g/mol. The molecule has 0 radical (unpaired) electrons. The van der Waals surface area contributed by atoms with Gasteiger partial charge in [0.15, 0.2) is 0 Å². The third kappa shape index (κ3) is 3.47. The van der Waals surface area contributed by atoms with Crippen LogP contribution >= 0.6 is 11.8 Å². The van der Waals surface area contributed by atoms with Crippen LogP contribution in [0.25, 0.3) is 0 Å². The average Bonchev–Trinajstić information content (AvgIpc) is 2.35. The number of rotatable bonds is 3. The molecule has 2 nitrogen and oxygen atoms in total. The Morgan fingerprint density at radius 2 is 2.06 bits per heavy atom. The van der Waals surface area contributed by atoms with Gasteiger partial charge < -0.3 is 5.11 Å². The highest BCUT2D eigenvalue weighted by Crippen LogP contribution is 2.20. The van der Waals surface area contributed by atoms with E-state index < -0.39 is 0 Å². The van der Waals surface area contributed by atoms with Gasteiger partial charge in [-0.1, -0.05) is 19.1 Å². The van der Waals surface area contributed by atoms with Gasteiger partial charge in [0.25, 0.3) is 0 Å². The van der Waals surface area contributed by atoms with Crippen LogP contribution in [0.5, 0.6) is 0 Å². The van der Waals surface area contributed by atoms with Crippen molar-refractivity contribution in [3.63, 3.8) is 0 Å². The van der Waals surface area contributed by atoms with E-state index in [4.69, 9.17) is 0 Å². The van der Waals surface area contributed by atoms with E-state index in [1.54, 1.807) is 11.8 Å². The molecule has 0 aliphatic carbocycles. The Labute approximate surface area is 108 Å². The zero-order chi connectivity index (χ0) is 12.3. The minimum absolute atomic E-state index is 0.106. The van der Waals surface area contributed by atoms with Gasteiger partial charge in [0.2, 0.25) is 0 Å². The molecule has 0 bridgehead atoms. The van der Waals surface area contributed by atoms with E-state index in [2.05, 4.69) is 42.3 Å². The summed E-state index contributed by atoms with van der Waals surface area (Å²) in [7, 11) is 0. The van der Waals surface area contributed by atoms with E-state index in [-0.39, 0.29) is 6.10 Å². The van der Waals surface area contributed by atoms with Crippen LogP contribution in [0.3, 0.4) is 0 Å². The Hall–Kier alpha value is -0.510. The van der Waals surface area contributed by atoms with Crippen molar-refractivity contribution < 1.29 is 5.11 Å². The summed E-state index contributed by atoms with van der Waals surface area (Å²) in [5.41, 5.74) is 1.37. The van der Waals surface area contributed by atoms with Gasteiger partial charge in [-0.3, -0.25) is 4.90 Å². The molecule has 17 heavy (non-hydrogen) atoms. The number of aliphatic hydroxyl groups is 1. The lowest BCUT2D eigenvalue weighted by Gasteiger charge is -2.34. The normalized spacial score (nSPS) is 26.1. The van der Waals surface area contributed by atoms with Gasteiger partial charge in [-0.15, -0.1) is 11.8 Å². The lowest BCUT2D eigenvalue weighted by Crippen LogP contribution is -2.41. The van der Waals surface area contributed by atoms with E-state index >= 15 is 0 Å². The van der Waals surface area contributed by atoms with Crippen LogP contribution in [0.1, 0.15) is 18.9 Å². The molecule has 0 aromatic heterocycles. The summed E-state index contributed by atoms with van der Waals surface area (Å²) in [5.74, 6) is 0.397. The maximum atomic E-state index is 9.70. The first-order chi connectivity index (χ1) is 8.19. The summed E-state index contributed by atoms with van der Waals surface area (Å²) in [6.45, 7) is 5.15. The Morgan fingerprint density at radius 3 is 2.65 bits per heavy atom. The highest BCUT2D eigenvalue weighted by Gasteiger charge is 2.23. The van der Waals surface area contributed by atoms with Crippen LogP contribution in [0.4, 0.5) is 0 Å². The predicted molar refractivity (Wildman–Crippen MR) is 73.3 cm³/mol.